The Morgan fingerprint density at radius 3 is 2.80 bits per heavy atom. The van der Waals surface area contributed by atoms with Gasteiger partial charge < -0.3 is 4.74 Å². The summed E-state index contributed by atoms with van der Waals surface area (Å²) in [6.07, 6.45) is 1.66. The number of ether oxygens (including phenoxy) is 1. The first-order chi connectivity index (χ1) is 14.6. The molecule has 0 saturated heterocycles. The first kappa shape index (κ1) is 20.3. The summed E-state index contributed by atoms with van der Waals surface area (Å²) in [5, 5.41) is 0.523. The molecule has 4 aromatic rings. The monoisotopic (exact) mass is 441 g/mol. The molecule has 0 spiro atoms. The quantitative estimate of drug-likeness (QED) is 0.383. The van der Waals surface area contributed by atoms with Crippen molar-refractivity contribution in [3.8, 4) is 5.75 Å². The van der Waals surface area contributed by atoms with Crippen molar-refractivity contribution in [3.63, 3.8) is 0 Å². The first-order valence-corrected chi connectivity index (χ1v) is 10.5. The normalized spacial score (nSPS) is 10.9. The summed E-state index contributed by atoms with van der Waals surface area (Å²) in [4.78, 5) is 23.9. The molecule has 2 aromatic heterocycles. The molecule has 30 heavy (non-hydrogen) atoms. The number of amides is 1. The summed E-state index contributed by atoms with van der Waals surface area (Å²) < 4.78 is 20.1. The van der Waals surface area contributed by atoms with Crippen LogP contribution in [0, 0.1) is 5.82 Å². The Bertz CT molecular complexity index is 1200. The van der Waals surface area contributed by atoms with Gasteiger partial charge in [0.2, 0.25) is 0 Å². The van der Waals surface area contributed by atoms with Crippen molar-refractivity contribution in [3.05, 3.63) is 82.9 Å². The van der Waals surface area contributed by atoms with Crippen molar-refractivity contribution in [2.24, 2.45) is 0 Å². The summed E-state index contributed by atoms with van der Waals surface area (Å²) in [6, 6.07) is 14.8. The van der Waals surface area contributed by atoms with Crippen LogP contribution in [0.15, 0.2) is 60.8 Å². The van der Waals surface area contributed by atoms with E-state index in [2.05, 4.69) is 9.97 Å². The number of para-hydroxylation sites is 1. The summed E-state index contributed by atoms with van der Waals surface area (Å²) in [5.41, 5.74) is 1.56. The molecule has 0 aliphatic rings. The van der Waals surface area contributed by atoms with Gasteiger partial charge in [-0.25, -0.2) is 9.37 Å². The zero-order valence-electron chi connectivity index (χ0n) is 16.0. The van der Waals surface area contributed by atoms with E-state index < -0.39 is 5.82 Å². The lowest BCUT2D eigenvalue weighted by molar-refractivity contribution is 0.0985. The summed E-state index contributed by atoms with van der Waals surface area (Å²) in [6.45, 7) is 2.60. The molecule has 2 aromatic carbocycles. The highest BCUT2D eigenvalue weighted by Crippen LogP contribution is 2.35. The number of hydrogen-bond donors (Lipinski definition) is 0. The molecule has 4 rings (SSSR count). The van der Waals surface area contributed by atoms with Crippen molar-refractivity contribution in [1.29, 1.82) is 0 Å². The minimum absolute atomic E-state index is 0.0436. The van der Waals surface area contributed by atoms with Gasteiger partial charge >= 0.3 is 0 Å². The van der Waals surface area contributed by atoms with E-state index in [9.17, 15) is 9.18 Å². The fraction of sp³-hybridized carbons (Fsp3) is 0.136. The van der Waals surface area contributed by atoms with Crippen LogP contribution >= 0.6 is 22.9 Å². The van der Waals surface area contributed by atoms with Crippen molar-refractivity contribution in [2.75, 3.05) is 11.5 Å². The maximum absolute atomic E-state index is 13.5. The molecule has 152 valence electrons. The summed E-state index contributed by atoms with van der Waals surface area (Å²) >= 11 is 7.53. The van der Waals surface area contributed by atoms with E-state index in [-0.39, 0.29) is 23.0 Å². The van der Waals surface area contributed by atoms with Gasteiger partial charge in [0.15, 0.2) is 5.13 Å². The third-order valence-electron chi connectivity index (χ3n) is 4.35. The molecule has 0 atom stereocenters. The minimum Gasteiger partial charge on any atom is -0.492 e. The Hall–Kier alpha value is -3.03. The van der Waals surface area contributed by atoms with E-state index >= 15 is 0 Å². The molecule has 0 fully saturated rings. The largest absolute Gasteiger partial charge is 0.492 e. The van der Waals surface area contributed by atoms with Gasteiger partial charge in [0, 0.05) is 6.20 Å². The number of fused-ring (bicyclic) bond motifs is 1. The molecule has 0 radical (unpaired) electrons. The highest BCUT2D eigenvalue weighted by molar-refractivity contribution is 7.22. The van der Waals surface area contributed by atoms with Gasteiger partial charge in [0.1, 0.15) is 17.1 Å². The number of anilines is 1. The number of benzene rings is 2. The minimum atomic E-state index is -0.505. The van der Waals surface area contributed by atoms with E-state index in [1.54, 1.807) is 12.3 Å². The molecule has 0 aliphatic carbocycles. The second kappa shape index (κ2) is 8.77. The number of rotatable bonds is 6. The van der Waals surface area contributed by atoms with Crippen LogP contribution in [0.1, 0.15) is 23.0 Å². The van der Waals surface area contributed by atoms with Gasteiger partial charge in [0.25, 0.3) is 5.91 Å². The van der Waals surface area contributed by atoms with Crippen LogP contribution in [-0.2, 0) is 6.54 Å². The van der Waals surface area contributed by atoms with E-state index in [0.29, 0.717) is 28.7 Å². The van der Waals surface area contributed by atoms with E-state index in [4.69, 9.17) is 16.3 Å². The van der Waals surface area contributed by atoms with Gasteiger partial charge in [0.05, 0.1) is 34.1 Å². The van der Waals surface area contributed by atoms with Crippen LogP contribution in [0.5, 0.6) is 5.75 Å². The predicted octanol–water partition coefficient (Wildman–Crippen LogP) is 5.73. The number of carbonyl (C=O) groups excluding carboxylic acids is 1. The first-order valence-electron chi connectivity index (χ1n) is 9.26. The summed E-state index contributed by atoms with van der Waals surface area (Å²) in [5.74, 6) is -0.237. The highest BCUT2D eigenvalue weighted by Gasteiger charge is 2.25. The topological polar surface area (TPSA) is 55.3 Å². The van der Waals surface area contributed by atoms with Crippen LogP contribution in [0.2, 0.25) is 5.02 Å². The van der Waals surface area contributed by atoms with E-state index in [1.165, 1.54) is 28.4 Å². The third-order valence-corrected chi connectivity index (χ3v) is 5.71. The Kier molecular flexibility index (Phi) is 5.92. The number of pyridine rings is 1. The molecule has 0 aliphatic heterocycles. The summed E-state index contributed by atoms with van der Waals surface area (Å²) in [7, 11) is 0. The number of hydrogen-bond acceptors (Lipinski definition) is 5. The van der Waals surface area contributed by atoms with Crippen molar-refractivity contribution >= 4 is 44.2 Å². The maximum atomic E-state index is 13.5. The lowest BCUT2D eigenvalue weighted by Gasteiger charge is -2.20. The maximum Gasteiger partial charge on any atom is 0.261 e. The van der Waals surface area contributed by atoms with Gasteiger partial charge in [-0.05, 0) is 49.4 Å². The Morgan fingerprint density at radius 1 is 1.20 bits per heavy atom. The fourth-order valence-corrected chi connectivity index (χ4v) is 4.22. The highest BCUT2D eigenvalue weighted by atomic mass is 35.5. The average molecular weight is 442 g/mol. The molecule has 0 bridgehead atoms. The molecule has 0 saturated carbocycles. The number of carbonyl (C=O) groups is 1. The molecular formula is C22H17ClFN3O2S. The number of thiazole rings is 1. The molecule has 0 N–H and O–H groups in total. The predicted molar refractivity (Wildman–Crippen MR) is 117 cm³/mol. The molecule has 2 heterocycles. The number of aromatic nitrogens is 2. The Balaban J connectivity index is 1.80. The van der Waals surface area contributed by atoms with Crippen LogP contribution in [0.4, 0.5) is 9.52 Å². The van der Waals surface area contributed by atoms with Crippen molar-refractivity contribution in [1.82, 2.24) is 9.97 Å². The van der Waals surface area contributed by atoms with Crippen molar-refractivity contribution < 1.29 is 13.9 Å². The van der Waals surface area contributed by atoms with E-state index in [1.807, 2.05) is 37.3 Å². The lowest BCUT2D eigenvalue weighted by atomic mass is 10.2. The van der Waals surface area contributed by atoms with Gasteiger partial charge in [-0.15, -0.1) is 0 Å². The second-order valence-electron chi connectivity index (χ2n) is 6.37. The van der Waals surface area contributed by atoms with E-state index in [0.717, 1.165) is 10.8 Å². The zero-order valence-corrected chi connectivity index (χ0v) is 17.6. The van der Waals surface area contributed by atoms with Gasteiger partial charge in [-0.2, -0.15) is 0 Å². The second-order valence-corrected chi connectivity index (χ2v) is 7.79. The molecule has 0 unspecified atom stereocenters. The third kappa shape index (κ3) is 4.13. The van der Waals surface area contributed by atoms with Gasteiger partial charge in [-0.1, -0.05) is 35.1 Å². The SMILES string of the molecule is CCOc1cccc2sc(N(Cc3ccccn3)C(=O)c3ccc(F)cc3Cl)nc12. The van der Waals surface area contributed by atoms with Gasteiger partial charge in [-0.3, -0.25) is 14.7 Å². The smallest absolute Gasteiger partial charge is 0.261 e. The van der Waals surface area contributed by atoms with Crippen LogP contribution in [0.3, 0.4) is 0 Å². The fourth-order valence-electron chi connectivity index (χ4n) is 2.99. The van der Waals surface area contributed by atoms with Crippen molar-refractivity contribution in [2.45, 2.75) is 13.5 Å². The van der Waals surface area contributed by atoms with Crippen LogP contribution in [0.25, 0.3) is 10.2 Å². The van der Waals surface area contributed by atoms with Crippen LogP contribution < -0.4 is 9.64 Å². The molecular weight excluding hydrogens is 425 g/mol. The average Bonchev–Trinajstić information content (AvgIpc) is 3.17. The zero-order chi connectivity index (χ0) is 21.1. The Labute approximate surface area is 181 Å². The standard InChI is InChI=1S/C22H17ClFN3O2S/c1-2-29-18-7-5-8-19-20(18)26-22(30-19)27(13-15-6-3-4-11-25-15)21(28)16-10-9-14(24)12-17(16)23/h3-12H,2,13H2,1H3. The number of nitrogens with zero attached hydrogens (tertiary/aromatic N) is 3. The molecule has 8 heteroatoms. The number of halogens is 2. The lowest BCUT2D eigenvalue weighted by Crippen LogP contribution is -2.31. The Morgan fingerprint density at radius 2 is 2.07 bits per heavy atom. The molecule has 1 amide bonds. The molecule has 5 nitrogen and oxygen atoms in total. The van der Waals surface area contributed by atoms with Crippen LogP contribution in [-0.4, -0.2) is 22.5 Å².